The molecule has 1 N–H and O–H groups in total. The van der Waals surface area contributed by atoms with Crippen molar-refractivity contribution in [2.24, 2.45) is 7.05 Å². The molecular weight excluding hydrogens is 371 g/mol. The highest BCUT2D eigenvalue weighted by molar-refractivity contribution is 8.00. The maximum atomic E-state index is 13.0. The van der Waals surface area contributed by atoms with Crippen molar-refractivity contribution in [1.82, 2.24) is 20.1 Å². The first-order chi connectivity index (χ1) is 12.8. The summed E-state index contributed by atoms with van der Waals surface area (Å²) in [6.45, 7) is 5.64. The highest BCUT2D eigenvalue weighted by atomic mass is 32.2. The van der Waals surface area contributed by atoms with Crippen molar-refractivity contribution in [2.75, 3.05) is 6.61 Å². The van der Waals surface area contributed by atoms with E-state index in [1.807, 2.05) is 6.92 Å². The molecule has 0 bridgehead atoms. The fourth-order valence-corrected chi connectivity index (χ4v) is 3.16. The van der Waals surface area contributed by atoms with E-state index < -0.39 is 5.25 Å². The highest BCUT2D eigenvalue weighted by Gasteiger charge is 2.21. The molecule has 0 saturated heterocycles. The molecule has 0 aliphatic rings. The van der Waals surface area contributed by atoms with Gasteiger partial charge in [-0.05, 0) is 38.5 Å². The third-order valence-electron chi connectivity index (χ3n) is 3.91. The molecule has 0 fully saturated rings. The van der Waals surface area contributed by atoms with Crippen LogP contribution < -0.4 is 5.32 Å². The van der Waals surface area contributed by atoms with E-state index >= 15 is 0 Å². The van der Waals surface area contributed by atoms with Crippen molar-refractivity contribution in [2.45, 2.75) is 43.6 Å². The van der Waals surface area contributed by atoms with Crippen LogP contribution in [0.4, 0.5) is 4.39 Å². The minimum atomic E-state index is -0.425. The predicted molar refractivity (Wildman–Crippen MR) is 99.6 cm³/mol. The average Bonchev–Trinajstić information content (AvgIpc) is 2.95. The van der Waals surface area contributed by atoms with Crippen LogP contribution in [0.25, 0.3) is 0 Å². The molecule has 0 aliphatic heterocycles. The van der Waals surface area contributed by atoms with Gasteiger partial charge in [-0.2, -0.15) is 0 Å². The van der Waals surface area contributed by atoms with Gasteiger partial charge in [0, 0.05) is 7.05 Å². The van der Waals surface area contributed by atoms with Gasteiger partial charge in [0.1, 0.15) is 18.1 Å². The van der Waals surface area contributed by atoms with Crippen molar-refractivity contribution < 1.29 is 18.7 Å². The van der Waals surface area contributed by atoms with Gasteiger partial charge in [-0.25, -0.2) is 4.39 Å². The van der Waals surface area contributed by atoms with Gasteiger partial charge in [-0.1, -0.05) is 23.9 Å². The number of thioether (sulfide) groups is 1. The molecule has 2 aromatic rings. The zero-order valence-corrected chi connectivity index (χ0v) is 16.5. The second kappa shape index (κ2) is 9.50. The van der Waals surface area contributed by atoms with Crippen LogP contribution in [0.2, 0.25) is 0 Å². The van der Waals surface area contributed by atoms with Gasteiger partial charge in [-0.15, -0.1) is 10.2 Å². The lowest BCUT2D eigenvalue weighted by Gasteiger charge is -2.17. The molecular formula is C18H23FN4O3S. The lowest BCUT2D eigenvalue weighted by molar-refractivity contribution is -0.142. The number of halogens is 1. The van der Waals surface area contributed by atoms with Gasteiger partial charge in [0.2, 0.25) is 5.91 Å². The second-order valence-corrected chi connectivity index (χ2v) is 7.29. The van der Waals surface area contributed by atoms with Gasteiger partial charge in [0.15, 0.2) is 5.16 Å². The molecule has 0 spiro atoms. The molecule has 9 heteroatoms. The van der Waals surface area contributed by atoms with E-state index in [-0.39, 0.29) is 30.2 Å². The molecule has 0 saturated carbocycles. The topological polar surface area (TPSA) is 86.1 Å². The van der Waals surface area contributed by atoms with Crippen LogP contribution in [0.3, 0.4) is 0 Å². The summed E-state index contributed by atoms with van der Waals surface area (Å²) in [6.07, 6.45) is 0.0279. The molecule has 0 radical (unpaired) electrons. The van der Waals surface area contributed by atoms with Crippen molar-refractivity contribution in [1.29, 1.82) is 0 Å². The first-order valence-corrected chi connectivity index (χ1v) is 9.46. The number of amides is 1. The number of carbonyl (C=O) groups excluding carboxylic acids is 2. The number of benzene rings is 1. The van der Waals surface area contributed by atoms with E-state index in [9.17, 15) is 14.0 Å². The van der Waals surface area contributed by atoms with Crippen molar-refractivity contribution in [3.05, 3.63) is 41.5 Å². The summed E-state index contributed by atoms with van der Waals surface area (Å²) in [6, 6.07) is 5.76. The summed E-state index contributed by atoms with van der Waals surface area (Å²) in [5.74, 6) is -0.388. The van der Waals surface area contributed by atoms with Gasteiger partial charge in [0.25, 0.3) is 0 Å². The average molecular weight is 394 g/mol. The van der Waals surface area contributed by atoms with Gasteiger partial charge in [-0.3, -0.25) is 9.59 Å². The first-order valence-electron chi connectivity index (χ1n) is 8.58. The molecule has 1 heterocycles. The number of carbonyl (C=O) groups is 2. The van der Waals surface area contributed by atoms with Crippen molar-refractivity contribution in [3.63, 3.8) is 0 Å². The fraction of sp³-hybridized carbons (Fsp3) is 0.444. The van der Waals surface area contributed by atoms with Crippen LogP contribution in [-0.2, 0) is 27.8 Å². The fourth-order valence-electron chi connectivity index (χ4n) is 2.32. The molecule has 0 unspecified atom stereocenters. The van der Waals surface area contributed by atoms with E-state index in [2.05, 4.69) is 15.5 Å². The molecule has 2 atom stereocenters. The van der Waals surface area contributed by atoms with Gasteiger partial charge in [0.05, 0.1) is 17.9 Å². The van der Waals surface area contributed by atoms with Gasteiger partial charge >= 0.3 is 5.97 Å². The Hall–Kier alpha value is -2.42. The van der Waals surface area contributed by atoms with E-state index in [1.54, 1.807) is 37.6 Å². The number of nitrogens with one attached hydrogen (secondary N) is 1. The molecule has 1 aromatic heterocycles. The Balaban J connectivity index is 1.95. The van der Waals surface area contributed by atoms with Crippen LogP contribution in [-0.4, -0.2) is 38.5 Å². The van der Waals surface area contributed by atoms with Crippen LogP contribution in [0.15, 0.2) is 29.4 Å². The standard InChI is InChI=1S/C18H23FN4O3S/c1-5-26-16(24)10-15-21-22-18(23(15)4)27-12(3)17(25)20-11(2)13-6-8-14(19)9-7-13/h6-9,11-12H,5,10H2,1-4H3,(H,20,25)/t11-,12-/m0/s1. The summed E-state index contributed by atoms with van der Waals surface area (Å²) in [5, 5.41) is 11.0. The Morgan fingerprint density at radius 1 is 1.26 bits per heavy atom. The van der Waals surface area contributed by atoms with E-state index in [0.717, 1.165) is 5.56 Å². The Morgan fingerprint density at radius 2 is 1.93 bits per heavy atom. The Kier molecular flexibility index (Phi) is 7.35. The first kappa shape index (κ1) is 20.9. The number of nitrogens with zero attached hydrogens (tertiary/aromatic N) is 3. The summed E-state index contributed by atoms with van der Waals surface area (Å²) >= 11 is 1.24. The number of rotatable bonds is 8. The van der Waals surface area contributed by atoms with Crippen LogP contribution in [0.1, 0.15) is 38.2 Å². The maximum absolute atomic E-state index is 13.0. The molecule has 0 aliphatic carbocycles. The summed E-state index contributed by atoms with van der Waals surface area (Å²) in [5.41, 5.74) is 0.817. The smallest absolute Gasteiger partial charge is 0.313 e. The number of ether oxygens (including phenoxy) is 1. The summed E-state index contributed by atoms with van der Waals surface area (Å²) in [4.78, 5) is 24.0. The lowest BCUT2D eigenvalue weighted by atomic mass is 10.1. The zero-order valence-electron chi connectivity index (χ0n) is 15.7. The number of aromatic nitrogens is 3. The molecule has 27 heavy (non-hydrogen) atoms. The summed E-state index contributed by atoms with van der Waals surface area (Å²) < 4.78 is 19.6. The summed E-state index contributed by atoms with van der Waals surface area (Å²) in [7, 11) is 1.74. The van der Waals surface area contributed by atoms with E-state index in [4.69, 9.17) is 4.74 Å². The highest BCUT2D eigenvalue weighted by Crippen LogP contribution is 2.23. The minimum Gasteiger partial charge on any atom is -0.466 e. The number of esters is 1. The third-order valence-corrected chi connectivity index (χ3v) is 5.05. The molecule has 1 amide bonds. The van der Waals surface area contributed by atoms with Crippen LogP contribution in [0, 0.1) is 5.82 Å². The lowest BCUT2D eigenvalue weighted by Crippen LogP contribution is -2.33. The Morgan fingerprint density at radius 3 is 2.56 bits per heavy atom. The monoisotopic (exact) mass is 394 g/mol. The Labute approximate surface area is 161 Å². The van der Waals surface area contributed by atoms with Crippen LogP contribution >= 0.6 is 11.8 Å². The largest absolute Gasteiger partial charge is 0.466 e. The predicted octanol–water partition coefficient (Wildman–Crippen LogP) is 2.42. The zero-order chi connectivity index (χ0) is 20.0. The van der Waals surface area contributed by atoms with Crippen molar-refractivity contribution in [3.8, 4) is 0 Å². The molecule has 1 aromatic carbocycles. The van der Waals surface area contributed by atoms with Crippen molar-refractivity contribution >= 4 is 23.6 Å². The van der Waals surface area contributed by atoms with E-state index in [1.165, 1.54) is 23.9 Å². The molecule has 146 valence electrons. The van der Waals surface area contributed by atoms with Crippen LogP contribution in [0.5, 0.6) is 0 Å². The number of hydrogen-bond donors (Lipinski definition) is 1. The minimum absolute atomic E-state index is 0.0279. The SMILES string of the molecule is CCOC(=O)Cc1nnc(S[C@@H](C)C(=O)N[C@@H](C)c2ccc(F)cc2)n1C. The van der Waals surface area contributed by atoms with E-state index in [0.29, 0.717) is 17.6 Å². The number of hydrogen-bond acceptors (Lipinski definition) is 6. The third kappa shape index (κ3) is 5.78. The molecule has 2 rings (SSSR count). The quantitative estimate of drug-likeness (QED) is 0.547. The second-order valence-electron chi connectivity index (χ2n) is 5.98. The van der Waals surface area contributed by atoms with Gasteiger partial charge < -0.3 is 14.6 Å². The normalized spacial score (nSPS) is 13.1. The maximum Gasteiger partial charge on any atom is 0.313 e. The molecule has 7 nitrogen and oxygen atoms in total. The Bertz CT molecular complexity index is 794.